The molecule has 0 aromatic heterocycles. The summed E-state index contributed by atoms with van der Waals surface area (Å²) in [7, 11) is 0. The van der Waals surface area contributed by atoms with Gasteiger partial charge in [0.05, 0.1) is 0 Å². The fraction of sp³-hybridized carbons (Fsp3) is 0.444. The number of nitrogens with one attached hydrogen (secondary N) is 2. The highest BCUT2D eigenvalue weighted by Crippen LogP contribution is 2.15. The highest BCUT2D eigenvalue weighted by atomic mass is 16.2. The van der Waals surface area contributed by atoms with Crippen LogP contribution >= 0.6 is 0 Å². The van der Waals surface area contributed by atoms with Crippen molar-refractivity contribution in [1.82, 2.24) is 20.4 Å². The number of amides is 4. The summed E-state index contributed by atoms with van der Waals surface area (Å²) in [5.41, 5.74) is 2.53. The van der Waals surface area contributed by atoms with Crippen LogP contribution in [0.15, 0.2) is 60.7 Å². The Bertz CT molecular complexity index is 889. The number of likely N-dealkylation sites (tertiary alicyclic amines) is 2. The van der Waals surface area contributed by atoms with E-state index in [1.807, 2.05) is 46.2 Å². The zero-order chi connectivity index (χ0) is 23.8. The van der Waals surface area contributed by atoms with Crippen LogP contribution in [0.25, 0.3) is 0 Å². The summed E-state index contributed by atoms with van der Waals surface area (Å²) in [6.45, 7) is 2.67. The summed E-state index contributed by atoms with van der Waals surface area (Å²) in [6, 6.07) is 19.0. The number of carbonyl (C=O) groups excluding carboxylic acids is 3. The van der Waals surface area contributed by atoms with Crippen LogP contribution in [-0.4, -0.2) is 65.9 Å². The van der Waals surface area contributed by atoms with Crippen molar-refractivity contribution in [2.24, 2.45) is 0 Å². The van der Waals surface area contributed by atoms with Crippen LogP contribution in [0.1, 0.15) is 36.8 Å². The zero-order valence-electron chi connectivity index (χ0n) is 19.6. The van der Waals surface area contributed by atoms with Gasteiger partial charge in [-0.3, -0.25) is 9.59 Å². The lowest BCUT2D eigenvalue weighted by atomic mass is 10.1. The van der Waals surface area contributed by atoms with Crippen molar-refractivity contribution < 1.29 is 14.4 Å². The first-order valence-corrected chi connectivity index (χ1v) is 12.3. The predicted octanol–water partition coefficient (Wildman–Crippen LogP) is 2.75. The first kappa shape index (κ1) is 23.8. The molecule has 2 heterocycles. The molecule has 0 aliphatic carbocycles. The maximum absolute atomic E-state index is 12.7. The summed E-state index contributed by atoms with van der Waals surface area (Å²) in [6.07, 6.45) is 4.84. The van der Waals surface area contributed by atoms with E-state index < -0.39 is 18.1 Å². The van der Waals surface area contributed by atoms with Crippen LogP contribution < -0.4 is 10.6 Å². The molecule has 7 heteroatoms. The number of hydrogen-bond acceptors (Lipinski definition) is 3. The molecule has 2 fully saturated rings. The molecule has 2 unspecified atom stereocenters. The minimum Gasteiger partial charge on any atom is -0.341 e. The average molecular weight is 463 g/mol. The summed E-state index contributed by atoms with van der Waals surface area (Å²) in [5.74, 6) is -0.0769. The molecule has 2 aliphatic rings. The number of benzene rings is 2. The lowest BCUT2D eigenvalue weighted by molar-refractivity contribution is -0.129. The molecule has 0 spiro atoms. The quantitative estimate of drug-likeness (QED) is 0.570. The van der Waals surface area contributed by atoms with Gasteiger partial charge in [0.15, 0.2) is 0 Å². The van der Waals surface area contributed by atoms with Crippen molar-refractivity contribution in [1.29, 1.82) is 0 Å². The number of aryl methyl sites for hydroxylation is 2. The maximum Gasteiger partial charge on any atom is 0.316 e. The first-order chi connectivity index (χ1) is 16.6. The Morgan fingerprint density at radius 3 is 1.53 bits per heavy atom. The predicted molar refractivity (Wildman–Crippen MR) is 131 cm³/mol. The van der Waals surface area contributed by atoms with E-state index in [2.05, 4.69) is 34.9 Å². The Labute approximate surface area is 201 Å². The van der Waals surface area contributed by atoms with E-state index in [9.17, 15) is 14.4 Å². The van der Waals surface area contributed by atoms with Crippen LogP contribution in [0.2, 0.25) is 0 Å². The second kappa shape index (κ2) is 11.7. The Morgan fingerprint density at radius 2 is 1.12 bits per heavy atom. The minimum atomic E-state index is -0.518. The van der Waals surface area contributed by atoms with Crippen LogP contribution in [0.4, 0.5) is 4.79 Å². The largest absolute Gasteiger partial charge is 0.341 e. The second-order valence-electron chi connectivity index (χ2n) is 9.13. The highest BCUT2D eigenvalue weighted by Gasteiger charge is 2.35. The molecule has 0 saturated carbocycles. The van der Waals surface area contributed by atoms with Gasteiger partial charge in [-0.1, -0.05) is 60.7 Å². The van der Waals surface area contributed by atoms with E-state index >= 15 is 0 Å². The molecule has 34 heavy (non-hydrogen) atoms. The average Bonchev–Trinajstić information content (AvgIpc) is 3.37. The maximum atomic E-state index is 12.7. The summed E-state index contributed by atoms with van der Waals surface area (Å²) in [5, 5.41) is 5.56. The molecule has 4 rings (SSSR count). The van der Waals surface area contributed by atoms with E-state index in [1.165, 1.54) is 11.1 Å². The normalized spacial score (nSPS) is 20.1. The zero-order valence-corrected chi connectivity index (χ0v) is 19.6. The van der Waals surface area contributed by atoms with Gasteiger partial charge in [0.1, 0.15) is 12.1 Å². The molecule has 2 saturated heterocycles. The first-order valence-electron chi connectivity index (χ1n) is 12.3. The Hall–Kier alpha value is -3.35. The number of urea groups is 1. The molecule has 2 aliphatic heterocycles. The Kier molecular flexibility index (Phi) is 8.17. The molecular formula is C27H34N4O3. The smallest absolute Gasteiger partial charge is 0.316 e. The number of rotatable bonds is 10. The van der Waals surface area contributed by atoms with Gasteiger partial charge in [0, 0.05) is 26.2 Å². The van der Waals surface area contributed by atoms with Crippen LogP contribution in [0.5, 0.6) is 0 Å². The molecule has 2 aromatic rings. The molecule has 4 amide bonds. The van der Waals surface area contributed by atoms with Gasteiger partial charge in [-0.05, 0) is 49.7 Å². The third-order valence-electron chi connectivity index (χ3n) is 6.68. The molecule has 0 bridgehead atoms. The summed E-state index contributed by atoms with van der Waals surface area (Å²) >= 11 is 0. The molecule has 0 radical (unpaired) electrons. The van der Waals surface area contributed by atoms with Crippen molar-refractivity contribution in [3.8, 4) is 0 Å². The number of carbonyl (C=O) groups is 3. The van der Waals surface area contributed by atoms with Gasteiger partial charge >= 0.3 is 6.03 Å². The van der Waals surface area contributed by atoms with Crippen molar-refractivity contribution >= 4 is 17.8 Å². The van der Waals surface area contributed by atoms with Gasteiger partial charge in [0.2, 0.25) is 11.8 Å². The van der Waals surface area contributed by atoms with Gasteiger partial charge in [0.25, 0.3) is 0 Å². The lowest BCUT2D eigenvalue weighted by Gasteiger charge is -2.19. The van der Waals surface area contributed by atoms with Crippen LogP contribution in [0.3, 0.4) is 0 Å². The molecule has 2 atom stereocenters. The SMILES string of the molecule is O=C(NC1CCN(CCCc2ccccc2)C1=O)NC1CCN(CCCc2ccccc2)C1=O. The number of nitrogens with zero attached hydrogens (tertiary/aromatic N) is 2. The molecular weight excluding hydrogens is 428 g/mol. The third kappa shape index (κ3) is 6.37. The molecule has 2 aromatic carbocycles. The fourth-order valence-electron chi connectivity index (χ4n) is 4.79. The standard InChI is InChI=1S/C27H34N4O3/c32-25-23(15-19-30(25)17-7-13-21-9-3-1-4-10-21)28-27(34)29-24-16-20-31(26(24)33)18-8-14-22-11-5-2-6-12-22/h1-6,9-12,23-24H,7-8,13-20H2,(H2,28,29,34). The minimum absolute atomic E-state index is 0.0384. The fourth-order valence-corrected chi connectivity index (χ4v) is 4.79. The van der Waals surface area contributed by atoms with Crippen molar-refractivity contribution in [3.63, 3.8) is 0 Å². The topological polar surface area (TPSA) is 81.8 Å². The summed E-state index contributed by atoms with van der Waals surface area (Å²) < 4.78 is 0. The van der Waals surface area contributed by atoms with Crippen molar-refractivity contribution in [3.05, 3.63) is 71.8 Å². The van der Waals surface area contributed by atoms with Gasteiger partial charge in [-0.2, -0.15) is 0 Å². The molecule has 7 nitrogen and oxygen atoms in total. The lowest BCUT2D eigenvalue weighted by Crippen LogP contribution is -2.51. The van der Waals surface area contributed by atoms with Gasteiger partial charge in [-0.25, -0.2) is 4.79 Å². The van der Waals surface area contributed by atoms with E-state index in [-0.39, 0.29) is 11.8 Å². The monoisotopic (exact) mass is 462 g/mol. The third-order valence-corrected chi connectivity index (χ3v) is 6.68. The van der Waals surface area contributed by atoms with Crippen molar-refractivity contribution in [2.45, 2.75) is 50.6 Å². The Balaban J connectivity index is 1.15. The van der Waals surface area contributed by atoms with E-state index in [0.29, 0.717) is 39.0 Å². The van der Waals surface area contributed by atoms with E-state index in [4.69, 9.17) is 0 Å². The van der Waals surface area contributed by atoms with Gasteiger partial charge < -0.3 is 20.4 Å². The molecule has 180 valence electrons. The van der Waals surface area contributed by atoms with Crippen LogP contribution in [0, 0.1) is 0 Å². The second-order valence-corrected chi connectivity index (χ2v) is 9.13. The summed E-state index contributed by atoms with van der Waals surface area (Å²) in [4.78, 5) is 41.5. The van der Waals surface area contributed by atoms with E-state index in [0.717, 1.165) is 25.7 Å². The highest BCUT2D eigenvalue weighted by molar-refractivity contribution is 5.91. The van der Waals surface area contributed by atoms with Gasteiger partial charge in [-0.15, -0.1) is 0 Å². The van der Waals surface area contributed by atoms with Crippen molar-refractivity contribution in [2.75, 3.05) is 26.2 Å². The Morgan fingerprint density at radius 1 is 0.706 bits per heavy atom. The van der Waals surface area contributed by atoms with E-state index in [1.54, 1.807) is 0 Å². The van der Waals surface area contributed by atoms with Crippen LogP contribution in [-0.2, 0) is 22.4 Å². The molecule has 2 N–H and O–H groups in total. The number of hydrogen-bond donors (Lipinski definition) is 2.